The summed E-state index contributed by atoms with van der Waals surface area (Å²) in [6.45, 7) is 1.24. The molecule has 2 fully saturated rings. The lowest BCUT2D eigenvalue weighted by Gasteiger charge is -2.39. The smallest absolute Gasteiger partial charge is 0.00979 e. The minimum Gasteiger partial charge on any atom is -0.314 e. The molecule has 1 N–H and O–H groups in total. The van der Waals surface area contributed by atoms with E-state index in [1.165, 1.54) is 76.5 Å². The van der Waals surface area contributed by atoms with E-state index in [1.807, 2.05) is 11.8 Å². The zero-order chi connectivity index (χ0) is 12.6. The molecule has 2 unspecified atom stereocenters. The van der Waals surface area contributed by atoms with Crippen LogP contribution in [0.1, 0.15) is 64.2 Å². The minimum atomic E-state index is 0.851. The fourth-order valence-corrected chi connectivity index (χ4v) is 4.48. The van der Waals surface area contributed by atoms with E-state index in [4.69, 9.17) is 0 Å². The highest BCUT2D eigenvalue weighted by molar-refractivity contribution is 7.98. The normalized spacial score (nSPS) is 30.5. The standard InChI is InChI=1S/C16H31NS/c1-18-13-7-12-17-16-11-6-5-10-15(16)14-8-3-2-4-9-14/h14-17H,2-13H2,1H3. The van der Waals surface area contributed by atoms with Crippen molar-refractivity contribution in [3.63, 3.8) is 0 Å². The van der Waals surface area contributed by atoms with Gasteiger partial charge in [-0.05, 0) is 49.7 Å². The summed E-state index contributed by atoms with van der Waals surface area (Å²) in [4.78, 5) is 0. The quantitative estimate of drug-likeness (QED) is 0.714. The molecule has 0 spiro atoms. The molecule has 1 nitrogen and oxygen atoms in total. The van der Waals surface area contributed by atoms with E-state index >= 15 is 0 Å². The van der Waals surface area contributed by atoms with Crippen molar-refractivity contribution in [3.05, 3.63) is 0 Å². The molecule has 0 aromatic carbocycles. The Balaban J connectivity index is 1.77. The summed E-state index contributed by atoms with van der Waals surface area (Å²) >= 11 is 1.98. The van der Waals surface area contributed by atoms with Crippen molar-refractivity contribution >= 4 is 11.8 Å². The molecule has 0 saturated heterocycles. The van der Waals surface area contributed by atoms with Crippen molar-refractivity contribution in [1.82, 2.24) is 5.32 Å². The molecule has 0 aromatic rings. The van der Waals surface area contributed by atoms with Gasteiger partial charge in [0.05, 0.1) is 0 Å². The number of nitrogens with one attached hydrogen (secondary N) is 1. The average molecular weight is 269 g/mol. The first-order chi connectivity index (χ1) is 8.92. The Labute approximate surface area is 118 Å². The summed E-state index contributed by atoms with van der Waals surface area (Å²) < 4.78 is 0. The van der Waals surface area contributed by atoms with Gasteiger partial charge in [-0.25, -0.2) is 0 Å². The van der Waals surface area contributed by atoms with Crippen molar-refractivity contribution in [2.24, 2.45) is 11.8 Å². The van der Waals surface area contributed by atoms with Crippen LogP contribution in [0.4, 0.5) is 0 Å². The molecule has 0 aromatic heterocycles. The monoisotopic (exact) mass is 269 g/mol. The molecule has 0 amide bonds. The van der Waals surface area contributed by atoms with Crippen LogP contribution < -0.4 is 5.32 Å². The molecule has 0 bridgehead atoms. The van der Waals surface area contributed by atoms with Crippen LogP contribution in [-0.2, 0) is 0 Å². The third-order valence-corrected chi connectivity index (χ3v) is 5.70. The van der Waals surface area contributed by atoms with Crippen LogP contribution in [0.25, 0.3) is 0 Å². The van der Waals surface area contributed by atoms with E-state index in [-0.39, 0.29) is 0 Å². The van der Waals surface area contributed by atoms with E-state index in [2.05, 4.69) is 11.6 Å². The summed E-state index contributed by atoms with van der Waals surface area (Å²) in [5.74, 6) is 3.37. The molecule has 2 saturated carbocycles. The van der Waals surface area contributed by atoms with Crippen LogP contribution in [0.15, 0.2) is 0 Å². The van der Waals surface area contributed by atoms with Gasteiger partial charge in [0.2, 0.25) is 0 Å². The number of rotatable bonds is 6. The Bertz CT molecular complexity index is 213. The van der Waals surface area contributed by atoms with Gasteiger partial charge in [-0.15, -0.1) is 0 Å². The highest BCUT2D eigenvalue weighted by atomic mass is 32.2. The molecule has 2 aliphatic carbocycles. The minimum absolute atomic E-state index is 0.851. The van der Waals surface area contributed by atoms with Gasteiger partial charge in [-0.1, -0.05) is 44.9 Å². The molecule has 0 aliphatic heterocycles. The molecular formula is C16H31NS. The third kappa shape index (κ3) is 4.45. The SMILES string of the molecule is CSCCCNC1CCCCC1C1CCCCC1. The maximum Gasteiger partial charge on any atom is 0.00979 e. The molecule has 2 rings (SSSR count). The summed E-state index contributed by atoms with van der Waals surface area (Å²) in [7, 11) is 0. The zero-order valence-electron chi connectivity index (χ0n) is 12.1. The summed E-state index contributed by atoms with van der Waals surface area (Å²) in [6, 6.07) is 0.851. The van der Waals surface area contributed by atoms with Gasteiger partial charge in [-0.3, -0.25) is 0 Å². The Morgan fingerprint density at radius 3 is 2.44 bits per heavy atom. The Morgan fingerprint density at radius 1 is 0.944 bits per heavy atom. The second-order valence-electron chi connectivity index (χ2n) is 6.25. The van der Waals surface area contributed by atoms with Crippen LogP contribution in [0, 0.1) is 11.8 Å². The predicted octanol–water partition coefficient (Wildman–Crippen LogP) is 4.47. The van der Waals surface area contributed by atoms with E-state index < -0.39 is 0 Å². The van der Waals surface area contributed by atoms with Crippen LogP contribution in [0.3, 0.4) is 0 Å². The molecule has 2 heteroatoms. The first-order valence-corrected chi connectivity index (χ1v) is 9.53. The fourth-order valence-electron chi connectivity index (χ4n) is 4.04. The zero-order valence-corrected chi connectivity index (χ0v) is 12.9. The van der Waals surface area contributed by atoms with Crippen molar-refractivity contribution in [1.29, 1.82) is 0 Å². The summed E-state index contributed by atoms with van der Waals surface area (Å²) in [6.07, 6.45) is 17.0. The molecular weight excluding hydrogens is 238 g/mol. The van der Waals surface area contributed by atoms with Crippen molar-refractivity contribution in [2.45, 2.75) is 70.3 Å². The molecule has 106 valence electrons. The Morgan fingerprint density at radius 2 is 1.67 bits per heavy atom. The van der Waals surface area contributed by atoms with E-state index in [1.54, 1.807) is 0 Å². The van der Waals surface area contributed by atoms with Gasteiger partial charge in [0.25, 0.3) is 0 Å². The second-order valence-corrected chi connectivity index (χ2v) is 7.24. The first kappa shape index (κ1) is 14.7. The molecule has 2 atom stereocenters. The number of hydrogen-bond donors (Lipinski definition) is 1. The van der Waals surface area contributed by atoms with Crippen LogP contribution >= 0.6 is 11.8 Å². The third-order valence-electron chi connectivity index (χ3n) is 5.01. The topological polar surface area (TPSA) is 12.0 Å². The Hall–Kier alpha value is 0.310. The van der Waals surface area contributed by atoms with Gasteiger partial charge in [0.1, 0.15) is 0 Å². The largest absolute Gasteiger partial charge is 0.314 e. The van der Waals surface area contributed by atoms with E-state index in [0.717, 1.165) is 17.9 Å². The van der Waals surface area contributed by atoms with Gasteiger partial charge in [-0.2, -0.15) is 11.8 Å². The maximum atomic E-state index is 3.89. The summed E-state index contributed by atoms with van der Waals surface area (Å²) in [5, 5.41) is 3.89. The van der Waals surface area contributed by atoms with Gasteiger partial charge < -0.3 is 5.32 Å². The average Bonchev–Trinajstić information content (AvgIpc) is 2.45. The van der Waals surface area contributed by atoms with Gasteiger partial charge in [0, 0.05) is 6.04 Å². The lowest BCUT2D eigenvalue weighted by Crippen LogP contribution is -2.42. The maximum absolute atomic E-state index is 3.89. The van der Waals surface area contributed by atoms with E-state index in [0.29, 0.717) is 0 Å². The van der Waals surface area contributed by atoms with Crippen LogP contribution in [-0.4, -0.2) is 24.6 Å². The number of thioether (sulfide) groups is 1. The Kier molecular flexibility index (Phi) is 6.93. The highest BCUT2D eigenvalue weighted by Crippen LogP contribution is 2.38. The van der Waals surface area contributed by atoms with E-state index in [9.17, 15) is 0 Å². The fraction of sp³-hybridized carbons (Fsp3) is 1.00. The molecule has 2 aliphatic rings. The molecule has 0 heterocycles. The van der Waals surface area contributed by atoms with Gasteiger partial charge >= 0.3 is 0 Å². The van der Waals surface area contributed by atoms with Crippen molar-refractivity contribution in [2.75, 3.05) is 18.6 Å². The molecule has 18 heavy (non-hydrogen) atoms. The highest BCUT2D eigenvalue weighted by Gasteiger charge is 2.31. The first-order valence-electron chi connectivity index (χ1n) is 8.14. The van der Waals surface area contributed by atoms with Crippen LogP contribution in [0.5, 0.6) is 0 Å². The van der Waals surface area contributed by atoms with Crippen LogP contribution in [0.2, 0.25) is 0 Å². The lowest BCUT2D eigenvalue weighted by atomic mass is 9.71. The lowest BCUT2D eigenvalue weighted by molar-refractivity contribution is 0.150. The van der Waals surface area contributed by atoms with Crippen molar-refractivity contribution in [3.8, 4) is 0 Å². The second kappa shape index (κ2) is 8.47. The van der Waals surface area contributed by atoms with Crippen molar-refractivity contribution < 1.29 is 0 Å². The molecule has 0 radical (unpaired) electrons. The predicted molar refractivity (Wildman–Crippen MR) is 83.3 cm³/mol. The number of hydrogen-bond acceptors (Lipinski definition) is 2. The summed E-state index contributed by atoms with van der Waals surface area (Å²) in [5.41, 5.74) is 0. The van der Waals surface area contributed by atoms with Gasteiger partial charge in [0.15, 0.2) is 0 Å².